The normalized spacial score (nSPS) is 10.6. The molecule has 140 valence electrons. The number of aromatic nitrogens is 2. The number of rotatable bonds is 7. The van der Waals surface area contributed by atoms with Crippen molar-refractivity contribution in [2.45, 2.75) is 19.8 Å². The predicted molar refractivity (Wildman–Crippen MR) is 110 cm³/mol. The van der Waals surface area contributed by atoms with Gasteiger partial charge >= 0.3 is 0 Å². The number of fused-ring (bicyclic) bond motifs is 1. The van der Waals surface area contributed by atoms with Crippen LogP contribution >= 0.6 is 0 Å². The van der Waals surface area contributed by atoms with E-state index in [0.29, 0.717) is 22.9 Å². The Hall–Kier alpha value is -3.35. The van der Waals surface area contributed by atoms with Crippen molar-refractivity contribution in [1.29, 1.82) is 0 Å². The Kier molecular flexibility index (Phi) is 5.71. The van der Waals surface area contributed by atoms with E-state index < -0.39 is 0 Å². The Morgan fingerprint density at radius 1 is 1.15 bits per heavy atom. The van der Waals surface area contributed by atoms with E-state index in [9.17, 15) is 4.79 Å². The zero-order chi connectivity index (χ0) is 19.2. The number of benzene rings is 2. The monoisotopic (exact) mass is 364 g/mol. The molecular weight excluding hydrogens is 340 g/mol. The number of anilines is 3. The van der Waals surface area contributed by atoms with Crippen LogP contribution in [-0.4, -0.2) is 29.5 Å². The van der Waals surface area contributed by atoms with E-state index >= 15 is 0 Å². The van der Waals surface area contributed by atoms with Crippen LogP contribution in [0.25, 0.3) is 10.8 Å². The SMILES string of the molecule is CCCCN(C)c1ncnc(NNC(=O)c2cccc3ccccc23)c1N. The Morgan fingerprint density at radius 3 is 2.74 bits per heavy atom. The molecule has 0 unspecified atom stereocenters. The maximum absolute atomic E-state index is 12.6. The van der Waals surface area contributed by atoms with Gasteiger partial charge in [0.25, 0.3) is 5.91 Å². The molecule has 0 atom stereocenters. The lowest BCUT2D eigenvalue weighted by Gasteiger charge is -2.20. The van der Waals surface area contributed by atoms with Gasteiger partial charge < -0.3 is 10.6 Å². The number of hydrazine groups is 1. The highest BCUT2D eigenvalue weighted by molar-refractivity contribution is 6.07. The lowest BCUT2D eigenvalue weighted by Crippen LogP contribution is -2.31. The molecule has 0 aliphatic carbocycles. The molecule has 7 nitrogen and oxygen atoms in total. The Balaban J connectivity index is 1.75. The molecule has 4 N–H and O–H groups in total. The van der Waals surface area contributed by atoms with Gasteiger partial charge in [-0.2, -0.15) is 0 Å². The van der Waals surface area contributed by atoms with E-state index in [4.69, 9.17) is 5.73 Å². The number of nitrogens with two attached hydrogens (primary N) is 1. The van der Waals surface area contributed by atoms with Crippen LogP contribution in [-0.2, 0) is 0 Å². The van der Waals surface area contributed by atoms with Crippen LogP contribution in [0.2, 0.25) is 0 Å². The molecule has 0 spiro atoms. The number of hydrogen-bond donors (Lipinski definition) is 3. The minimum absolute atomic E-state index is 0.259. The highest BCUT2D eigenvalue weighted by atomic mass is 16.2. The van der Waals surface area contributed by atoms with E-state index in [2.05, 4.69) is 27.7 Å². The highest BCUT2D eigenvalue weighted by Crippen LogP contribution is 2.25. The predicted octanol–water partition coefficient (Wildman–Crippen LogP) is 3.21. The molecule has 0 saturated carbocycles. The molecule has 1 aromatic heterocycles. The van der Waals surface area contributed by atoms with E-state index in [-0.39, 0.29) is 5.91 Å². The summed E-state index contributed by atoms with van der Waals surface area (Å²) in [5.41, 5.74) is 12.7. The Labute approximate surface area is 158 Å². The van der Waals surface area contributed by atoms with Crippen LogP contribution in [0.5, 0.6) is 0 Å². The maximum Gasteiger partial charge on any atom is 0.270 e. The van der Waals surface area contributed by atoms with Crippen LogP contribution in [0.1, 0.15) is 30.1 Å². The summed E-state index contributed by atoms with van der Waals surface area (Å²) in [6, 6.07) is 13.4. The summed E-state index contributed by atoms with van der Waals surface area (Å²) in [5.74, 6) is 0.753. The fraction of sp³-hybridized carbons (Fsp3) is 0.250. The van der Waals surface area contributed by atoms with Gasteiger partial charge in [-0.3, -0.25) is 15.6 Å². The van der Waals surface area contributed by atoms with Crippen molar-refractivity contribution in [3.63, 3.8) is 0 Å². The molecule has 27 heavy (non-hydrogen) atoms. The number of hydrogen-bond acceptors (Lipinski definition) is 6. The topological polar surface area (TPSA) is 96.2 Å². The molecule has 7 heteroatoms. The van der Waals surface area contributed by atoms with Crippen molar-refractivity contribution < 1.29 is 4.79 Å². The summed E-state index contributed by atoms with van der Waals surface area (Å²) in [6.07, 6.45) is 3.56. The lowest BCUT2D eigenvalue weighted by atomic mass is 10.0. The van der Waals surface area contributed by atoms with Crippen molar-refractivity contribution in [2.75, 3.05) is 29.7 Å². The molecule has 1 amide bonds. The lowest BCUT2D eigenvalue weighted by molar-refractivity contribution is 0.0964. The quantitative estimate of drug-likeness (QED) is 0.557. The number of carbonyl (C=O) groups is 1. The first-order valence-corrected chi connectivity index (χ1v) is 8.97. The number of nitrogens with zero attached hydrogens (tertiary/aromatic N) is 3. The van der Waals surface area contributed by atoms with Gasteiger partial charge in [-0.1, -0.05) is 49.7 Å². The number of nitrogen functional groups attached to an aromatic ring is 1. The third-order valence-corrected chi connectivity index (χ3v) is 4.40. The fourth-order valence-corrected chi connectivity index (χ4v) is 2.90. The second-order valence-corrected chi connectivity index (χ2v) is 6.34. The first-order chi connectivity index (χ1) is 13.1. The second kappa shape index (κ2) is 8.35. The maximum atomic E-state index is 12.6. The summed E-state index contributed by atoms with van der Waals surface area (Å²) in [5, 5.41) is 1.89. The summed E-state index contributed by atoms with van der Waals surface area (Å²) in [6.45, 7) is 2.98. The van der Waals surface area contributed by atoms with Crippen LogP contribution < -0.4 is 21.5 Å². The molecule has 0 fully saturated rings. The molecule has 0 aliphatic rings. The molecular formula is C20H24N6O. The number of amides is 1. The van der Waals surface area contributed by atoms with Crippen LogP contribution in [0.4, 0.5) is 17.3 Å². The van der Waals surface area contributed by atoms with Gasteiger partial charge in [0.2, 0.25) is 0 Å². The van der Waals surface area contributed by atoms with Gasteiger partial charge in [-0.25, -0.2) is 9.97 Å². The van der Waals surface area contributed by atoms with Crippen LogP contribution in [0.15, 0.2) is 48.8 Å². The number of unbranched alkanes of at least 4 members (excludes halogenated alkanes) is 1. The molecule has 3 rings (SSSR count). The molecule has 3 aromatic rings. The van der Waals surface area contributed by atoms with Crippen molar-refractivity contribution in [3.05, 3.63) is 54.4 Å². The Bertz CT molecular complexity index is 937. The summed E-state index contributed by atoms with van der Waals surface area (Å²) in [7, 11) is 1.94. The number of carbonyl (C=O) groups excluding carboxylic acids is 1. The largest absolute Gasteiger partial charge is 0.393 e. The first-order valence-electron chi connectivity index (χ1n) is 8.97. The van der Waals surface area contributed by atoms with Crippen molar-refractivity contribution in [1.82, 2.24) is 15.4 Å². The van der Waals surface area contributed by atoms with Crippen LogP contribution in [0.3, 0.4) is 0 Å². The average molecular weight is 364 g/mol. The smallest absolute Gasteiger partial charge is 0.270 e. The third kappa shape index (κ3) is 4.08. The molecule has 0 radical (unpaired) electrons. The average Bonchev–Trinajstić information content (AvgIpc) is 2.70. The zero-order valence-electron chi connectivity index (χ0n) is 15.6. The molecule has 0 bridgehead atoms. The molecule has 2 aromatic carbocycles. The van der Waals surface area contributed by atoms with Gasteiger partial charge in [-0.05, 0) is 23.3 Å². The molecule has 1 heterocycles. The minimum atomic E-state index is -0.259. The van der Waals surface area contributed by atoms with Gasteiger partial charge in [0.15, 0.2) is 11.6 Å². The first kappa shape index (κ1) is 18.4. The van der Waals surface area contributed by atoms with Crippen molar-refractivity contribution in [2.24, 2.45) is 0 Å². The summed E-state index contributed by atoms with van der Waals surface area (Å²) < 4.78 is 0. The van der Waals surface area contributed by atoms with E-state index in [1.807, 2.05) is 48.3 Å². The Morgan fingerprint density at radius 2 is 1.93 bits per heavy atom. The fourth-order valence-electron chi connectivity index (χ4n) is 2.90. The zero-order valence-corrected chi connectivity index (χ0v) is 15.6. The van der Waals surface area contributed by atoms with Gasteiger partial charge in [-0.15, -0.1) is 0 Å². The van der Waals surface area contributed by atoms with Crippen LogP contribution in [0, 0.1) is 0 Å². The summed E-state index contributed by atoms with van der Waals surface area (Å²) in [4.78, 5) is 23.0. The molecule has 0 aliphatic heterocycles. The van der Waals surface area contributed by atoms with Crippen molar-refractivity contribution >= 4 is 34.0 Å². The van der Waals surface area contributed by atoms with Gasteiger partial charge in [0.1, 0.15) is 12.0 Å². The third-order valence-electron chi connectivity index (χ3n) is 4.40. The summed E-state index contributed by atoms with van der Waals surface area (Å²) >= 11 is 0. The van der Waals surface area contributed by atoms with Gasteiger partial charge in [0, 0.05) is 19.2 Å². The van der Waals surface area contributed by atoms with Gasteiger partial charge in [0.05, 0.1) is 0 Å². The number of nitrogens with one attached hydrogen (secondary N) is 2. The standard InChI is InChI=1S/C20H24N6O/c1-3-4-12-26(2)19-17(21)18(22-13-23-19)24-25-20(27)16-11-7-9-14-8-5-6-10-15(14)16/h5-11,13H,3-4,12,21H2,1-2H3,(H,25,27)(H,22,23,24). The minimum Gasteiger partial charge on any atom is -0.393 e. The van der Waals surface area contributed by atoms with E-state index in [1.54, 1.807) is 6.07 Å². The highest BCUT2D eigenvalue weighted by Gasteiger charge is 2.14. The van der Waals surface area contributed by atoms with Crippen molar-refractivity contribution in [3.8, 4) is 0 Å². The molecule has 0 saturated heterocycles. The van der Waals surface area contributed by atoms with E-state index in [1.165, 1.54) is 6.33 Å². The second-order valence-electron chi connectivity index (χ2n) is 6.34. The van der Waals surface area contributed by atoms with E-state index in [0.717, 1.165) is 30.2 Å².